The molecular formula is CHF3Na2. The largest absolute Gasteiger partial charge is 0.379 e. The van der Waals surface area contributed by atoms with Gasteiger partial charge in [0.25, 0.3) is 0 Å². The first-order valence-electron chi connectivity index (χ1n) is 0.655. The number of halogens is 3. The summed E-state index contributed by atoms with van der Waals surface area (Å²) in [5.41, 5.74) is 0. The molecule has 0 aromatic rings. The van der Waals surface area contributed by atoms with Gasteiger partial charge in [-0.3, -0.25) is 0 Å². The van der Waals surface area contributed by atoms with Crippen LogP contribution in [-0.2, 0) is 0 Å². The molecule has 0 aliphatic carbocycles. The summed E-state index contributed by atoms with van der Waals surface area (Å²) < 4.78 is 29.0. The van der Waals surface area contributed by atoms with Crippen molar-refractivity contribution < 1.29 is 13.2 Å². The van der Waals surface area contributed by atoms with Crippen LogP contribution >= 0.6 is 0 Å². The molecule has 0 aliphatic rings. The molecule has 0 saturated heterocycles. The molecule has 6 heavy (non-hydrogen) atoms. The second kappa shape index (κ2) is 9.92. The van der Waals surface area contributed by atoms with Crippen LogP contribution in [0, 0.1) is 0 Å². The summed E-state index contributed by atoms with van der Waals surface area (Å²) in [7, 11) is 0. The molecule has 2 radical (unpaired) electrons. The molecule has 0 rings (SSSR count). The van der Waals surface area contributed by atoms with Crippen LogP contribution in [0.2, 0.25) is 0 Å². The van der Waals surface area contributed by atoms with Crippen molar-refractivity contribution in [2.45, 2.75) is 6.68 Å². The molecule has 0 aliphatic heterocycles. The Hall–Kier alpha value is 1.79. The SMILES string of the molecule is FC(F)F.[Na].[Na]. The summed E-state index contributed by atoms with van der Waals surface area (Å²) in [6.07, 6.45) is 0. The minimum Gasteiger partial charge on any atom is -0.174 e. The molecule has 0 amide bonds. The maximum atomic E-state index is 9.67. The van der Waals surface area contributed by atoms with Crippen molar-refractivity contribution in [3.8, 4) is 0 Å². The number of hydrogen-bond donors (Lipinski definition) is 0. The van der Waals surface area contributed by atoms with Gasteiger partial charge in [0.15, 0.2) is 0 Å². The zero-order valence-electron chi connectivity index (χ0n) is 3.71. The standard InChI is InChI=1S/CHF3.2Na/c2-1(3)4;;/h1H;;. The van der Waals surface area contributed by atoms with Gasteiger partial charge in [-0.2, -0.15) is 13.2 Å². The van der Waals surface area contributed by atoms with Crippen molar-refractivity contribution in [2.75, 3.05) is 0 Å². The topological polar surface area (TPSA) is 0 Å². The third-order valence-electron chi connectivity index (χ3n) is 0. The van der Waals surface area contributed by atoms with E-state index in [1.165, 1.54) is 0 Å². The second-order valence-electron chi connectivity index (χ2n) is 0.247. The zero-order chi connectivity index (χ0) is 3.58. The Bertz CT molecular complexity index is 13.5. The molecule has 5 heteroatoms. The molecule has 0 bridgehead atoms. The van der Waals surface area contributed by atoms with Gasteiger partial charge >= 0.3 is 6.68 Å². The van der Waals surface area contributed by atoms with E-state index in [1.54, 1.807) is 0 Å². The molecule has 0 aromatic carbocycles. The van der Waals surface area contributed by atoms with Gasteiger partial charge in [-0.15, -0.1) is 0 Å². The summed E-state index contributed by atoms with van der Waals surface area (Å²) in [4.78, 5) is 0. The van der Waals surface area contributed by atoms with Gasteiger partial charge in [-0.25, -0.2) is 0 Å². The first kappa shape index (κ1) is 15.7. The van der Waals surface area contributed by atoms with Gasteiger partial charge in [0.05, 0.1) is 0 Å². The molecule has 0 nitrogen and oxygen atoms in total. The Morgan fingerprint density at radius 2 is 0.833 bits per heavy atom. The predicted octanol–water partition coefficient (Wildman–Crippen LogP) is 0.417. The average Bonchev–Trinajstić information content (AvgIpc) is 0.811. The van der Waals surface area contributed by atoms with Crippen molar-refractivity contribution >= 4 is 59.1 Å². The molecule has 0 N–H and O–H groups in total. The Morgan fingerprint density at radius 3 is 0.833 bits per heavy atom. The molecule has 0 heterocycles. The summed E-state index contributed by atoms with van der Waals surface area (Å²) in [5, 5.41) is 0. The van der Waals surface area contributed by atoms with Crippen LogP contribution in [0.3, 0.4) is 0 Å². The van der Waals surface area contributed by atoms with E-state index in [4.69, 9.17) is 0 Å². The van der Waals surface area contributed by atoms with Crippen LogP contribution in [0.4, 0.5) is 13.2 Å². The molecule has 0 unspecified atom stereocenters. The van der Waals surface area contributed by atoms with Crippen molar-refractivity contribution in [3.63, 3.8) is 0 Å². The van der Waals surface area contributed by atoms with Gasteiger partial charge in [0.2, 0.25) is 0 Å². The molecule has 0 aromatic heterocycles. The predicted molar refractivity (Wildman–Crippen MR) is 18.6 cm³/mol. The van der Waals surface area contributed by atoms with Crippen LogP contribution in [0.1, 0.15) is 0 Å². The van der Waals surface area contributed by atoms with Crippen LogP contribution in [-0.4, -0.2) is 65.8 Å². The average molecular weight is 116 g/mol. The van der Waals surface area contributed by atoms with Crippen molar-refractivity contribution in [3.05, 3.63) is 0 Å². The van der Waals surface area contributed by atoms with E-state index in [0.29, 0.717) is 0 Å². The Kier molecular flexibility index (Phi) is 25.9. The van der Waals surface area contributed by atoms with Crippen LogP contribution < -0.4 is 0 Å². The Balaban J connectivity index is -0.0000000450. The quantitative estimate of drug-likeness (QED) is 0.402. The summed E-state index contributed by atoms with van der Waals surface area (Å²) >= 11 is 0. The van der Waals surface area contributed by atoms with Crippen molar-refractivity contribution in [1.29, 1.82) is 0 Å². The van der Waals surface area contributed by atoms with Crippen LogP contribution in [0.25, 0.3) is 0 Å². The van der Waals surface area contributed by atoms with Gasteiger partial charge < -0.3 is 0 Å². The Labute approximate surface area is 78.1 Å². The third kappa shape index (κ3) is 41.5. The van der Waals surface area contributed by atoms with E-state index in [2.05, 4.69) is 0 Å². The van der Waals surface area contributed by atoms with Crippen LogP contribution in [0.15, 0.2) is 0 Å². The van der Waals surface area contributed by atoms with Crippen LogP contribution in [0.5, 0.6) is 0 Å². The molecule has 0 atom stereocenters. The first-order chi connectivity index (χ1) is 1.73. The van der Waals surface area contributed by atoms with E-state index in [-0.39, 0.29) is 59.1 Å². The second-order valence-corrected chi connectivity index (χ2v) is 0.247. The fourth-order valence-electron chi connectivity index (χ4n) is 0. The van der Waals surface area contributed by atoms with Gasteiger partial charge in [-0.1, -0.05) is 0 Å². The zero-order valence-corrected chi connectivity index (χ0v) is 7.71. The normalized spacial score (nSPS) is 6.00. The number of alkyl halides is 3. The van der Waals surface area contributed by atoms with Crippen molar-refractivity contribution in [2.24, 2.45) is 0 Å². The molecular weight excluding hydrogens is 115 g/mol. The molecule has 0 fully saturated rings. The van der Waals surface area contributed by atoms with E-state index >= 15 is 0 Å². The van der Waals surface area contributed by atoms with E-state index in [9.17, 15) is 13.2 Å². The maximum Gasteiger partial charge on any atom is 0.379 e. The smallest absolute Gasteiger partial charge is 0.174 e. The number of hydrogen-bond acceptors (Lipinski definition) is 0. The molecule has 28 valence electrons. The maximum absolute atomic E-state index is 9.67. The van der Waals surface area contributed by atoms with E-state index in [0.717, 1.165) is 0 Å². The summed E-state index contributed by atoms with van der Waals surface area (Å²) in [6, 6.07) is 0. The van der Waals surface area contributed by atoms with E-state index < -0.39 is 6.68 Å². The fraction of sp³-hybridized carbons (Fsp3) is 1.00. The van der Waals surface area contributed by atoms with Gasteiger partial charge in [0, 0.05) is 59.1 Å². The molecule has 0 saturated carbocycles. The fourth-order valence-corrected chi connectivity index (χ4v) is 0. The summed E-state index contributed by atoms with van der Waals surface area (Å²) in [6.45, 7) is -3.67. The van der Waals surface area contributed by atoms with E-state index in [1.807, 2.05) is 0 Å². The molecule has 0 spiro atoms. The minimum atomic E-state index is -3.67. The first-order valence-corrected chi connectivity index (χ1v) is 0.655. The number of rotatable bonds is 0. The third-order valence-corrected chi connectivity index (χ3v) is 0. The Morgan fingerprint density at radius 1 is 0.833 bits per heavy atom. The monoisotopic (exact) mass is 116 g/mol. The summed E-state index contributed by atoms with van der Waals surface area (Å²) in [5.74, 6) is 0. The van der Waals surface area contributed by atoms with Crippen molar-refractivity contribution in [1.82, 2.24) is 0 Å². The van der Waals surface area contributed by atoms with Gasteiger partial charge in [0.1, 0.15) is 0 Å². The minimum absolute atomic E-state index is 0. The van der Waals surface area contributed by atoms with Gasteiger partial charge in [-0.05, 0) is 0 Å².